The summed E-state index contributed by atoms with van der Waals surface area (Å²) >= 11 is 3.66. The van der Waals surface area contributed by atoms with Crippen LogP contribution in [0.15, 0.2) is 12.3 Å². The Morgan fingerprint density at radius 2 is 2.11 bits per heavy atom. The van der Waals surface area contributed by atoms with Gasteiger partial charge in [0.2, 0.25) is 0 Å². The standard InChI is InChI=1S/C15H25BrN2/c1-12(16)10-15(2,3)11-13-8-9-18(17-13)14-6-4-5-7-14/h8-9,12,14H,4-7,10-11H2,1-3H3. The third-order valence-corrected chi connectivity index (χ3v) is 4.18. The lowest BCUT2D eigenvalue weighted by atomic mass is 9.83. The average Bonchev–Trinajstić information content (AvgIpc) is 2.82. The van der Waals surface area contributed by atoms with Crippen molar-refractivity contribution >= 4 is 15.9 Å². The largest absolute Gasteiger partial charge is 0.269 e. The molecule has 1 aliphatic rings. The molecule has 18 heavy (non-hydrogen) atoms. The highest BCUT2D eigenvalue weighted by Gasteiger charge is 2.23. The normalized spacial score (nSPS) is 19.3. The fourth-order valence-corrected chi connectivity index (χ4v) is 4.04. The molecule has 0 radical (unpaired) electrons. The first-order valence-corrected chi connectivity index (χ1v) is 8.06. The summed E-state index contributed by atoms with van der Waals surface area (Å²) in [6.07, 6.45) is 9.79. The highest BCUT2D eigenvalue weighted by atomic mass is 79.9. The van der Waals surface area contributed by atoms with E-state index in [0.717, 1.165) is 6.42 Å². The Morgan fingerprint density at radius 1 is 1.44 bits per heavy atom. The Balaban J connectivity index is 1.97. The van der Waals surface area contributed by atoms with Crippen LogP contribution in [0.1, 0.15) is 64.6 Å². The molecule has 0 N–H and O–H groups in total. The molecule has 0 saturated heterocycles. The average molecular weight is 313 g/mol. The number of rotatable bonds is 5. The Bertz CT molecular complexity index is 376. The van der Waals surface area contributed by atoms with E-state index in [0.29, 0.717) is 16.3 Å². The molecule has 3 heteroatoms. The number of hydrogen-bond donors (Lipinski definition) is 0. The molecule has 0 amide bonds. The third-order valence-electron chi connectivity index (χ3n) is 3.86. The van der Waals surface area contributed by atoms with Crippen LogP contribution in [0.5, 0.6) is 0 Å². The summed E-state index contributed by atoms with van der Waals surface area (Å²) in [4.78, 5) is 0.574. The maximum atomic E-state index is 4.79. The Kier molecular flexibility index (Phi) is 4.52. The Morgan fingerprint density at radius 3 is 2.72 bits per heavy atom. The van der Waals surface area contributed by atoms with Crippen molar-refractivity contribution < 1.29 is 0 Å². The molecule has 2 rings (SSSR count). The van der Waals surface area contributed by atoms with E-state index in [-0.39, 0.29) is 0 Å². The van der Waals surface area contributed by atoms with Crippen molar-refractivity contribution in [2.45, 2.75) is 70.2 Å². The summed E-state index contributed by atoms with van der Waals surface area (Å²) < 4.78 is 2.20. The molecule has 1 aromatic heterocycles. The molecule has 1 atom stereocenters. The first-order valence-electron chi connectivity index (χ1n) is 7.14. The van der Waals surface area contributed by atoms with E-state index in [1.54, 1.807) is 0 Å². The summed E-state index contributed by atoms with van der Waals surface area (Å²) in [6, 6.07) is 2.87. The summed E-state index contributed by atoms with van der Waals surface area (Å²) in [5, 5.41) is 4.79. The SMILES string of the molecule is CC(Br)CC(C)(C)Cc1ccn(C2CCCC2)n1. The monoisotopic (exact) mass is 312 g/mol. The quantitative estimate of drug-likeness (QED) is 0.718. The van der Waals surface area contributed by atoms with Crippen molar-refractivity contribution in [1.82, 2.24) is 9.78 Å². The molecule has 1 heterocycles. The van der Waals surface area contributed by atoms with Gasteiger partial charge >= 0.3 is 0 Å². The van der Waals surface area contributed by atoms with Gasteiger partial charge in [-0.2, -0.15) is 5.10 Å². The molecular weight excluding hydrogens is 288 g/mol. The Hall–Kier alpha value is -0.310. The van der Waals surface area contributed by atoms with Crippen LogP contribution in [0.25, 0.3) is 0 Å². The minimum Gasteiger partial charge on any atom is -0.269 e. The van der Waals surface area contributed by atoms with Crippen LogP contribution in [0, 0.1) is 5.41 Å². The van der Waals surface area contributed by atoms with Gasteiger partial charge in [0.1, 0.15) is 0 Å². The van der Waals surface area contributed by atoms with Crippen molar-refractivity contribution in [1.29, 1.82) is 0 Å². The maximum absolute atomic E-state index is 4.79. The second-order valence-electron chi connectivity index (χ2n) is 6.55. The topological polar surface area (TPSA) is 17.8 Å². The van der Waals surface area contributed by atoms with E-state index in [2.05, 4.69) is 53.6 Å². The van der Waals surface area contributed by atoms with Gasteiger partial charge in [0.05, 0.1) is 11.7 Å². The van der Waals surface area contributed by atoms with E-state index < -0.39 is 0 Å². The van der Waals surface area contributed by atoms with Crippen LogP contribution in [-0.4, -0.2) is 14.6 Å². The molecule has 1 aromatic rings. The van der Waals surface area contributed by atoms with Gasteiger partial charge in [-0.3, -0.25) is 4.68 Å². The first-order chi connectivity index (χ1) is 8.46. The van der Waals surface area contributed by atoms with Crippen LogP contribution < -0.4 is 0 Å². The zero-order chi connectivity index (χ0) is 13.2. The number of alkyl halides is 1. The van der Waals surface area contributed by atoms with Gasteiger partial charge in [-0.1, -0.05) is 49.5 Å². The van der Waals surface area contributed by atoms with Crippen LogP contribution in [0.3, 0.4) is 0 Å². The van der Waals surface area contributed by atoms with Crippen LogP contribution in [0.4, 0.5) is 0 Å². The summed E-state index contributed by atoms with van der Waals surface area (Å²) in [6.45, 7) is 6.89. The van der Waals surface area contributed by atoms with Crippen LogP contribution in [-0.2, 0) is 6.42 Å². The van der Waals surface area contributed by atoms with Gasteiger partial charge in [-0.15, -0.1) is 0 Å². The Labute approximate surface area is 119 Å². The summed E-state index contributed by atoms with van der Waals surface area (Å²) in [5.74, 6) is 0. The van der Waals surface area contributed by atoms with E-state index in [9.17, 15) is 0 Å². The molecule has 0 aliphatic heterocycles. The van der Waals surface area contributed by atoms with E-state index in [4.69, 9.17) is 5.10 Å². The highest BCUT2D eigenvalue weighted by Crippen LogP contribution is 2.31. The zero-order valence-electron chi connectivity index (χ0n) is 11.8. The molecule has 1 aliphatic carbocycles. The number of nitrogens with zero attached hydrogens (tertiary/aromatic N) is 2. The van der Waals surface area contributed by atoms with Gasteiger partial charge < -0.3 is 0 Å². The third kappa shape index (κ3) is 3.84. The second kappa shape index (κ2) is 5.77. The molecule has 2 nitrogen and oxygen atoms in total. The van der Waals surface area contributed by atoms with Crippen molar-refractivity contribution in [2.75, 3.05) is 0 Å². The molecule has 0 aromatic carbocycles. The molecule has 102 valence electrons. The van der Waals surface area contributed by atoms with Gasteiger partial charge in [0.15, 0.2) is 0 Å². The minimum absolute atomic E-state index is 0.317. The highest BCUT2D eigenvalue weighted by molar-refractivity contribution is 9.09. The first kappa shape index (κ1) is 14.1. The van der Waals surface area contributed by atoms with Gasteiger partial charge in [0, 0.05) is 11.0 Å². The van der Waals surface area contributed by atoms with E-state index in [1.807, 2.05) is 0 Å². The fraction of sp³-hybridized carbons (Fsp3) is 0.800. The van der Waals surface area contributed by atoms with Crippen molar-refractivity contribution in [3.8, 4) is 0 Å². The summed E-state index contributed by atoms with van der Waals surface area (Å²) in [5.41, 5.74) is 1.57. The molecular formula is C15H25BrN2. The van der Waals surface area contributed by atoms with E-state index in [1.165, 1.54) is 37.8 Å². The molecule has 1 fully saturated rings. The predicted octanol–water partition coefficient (Wildman–Crippen LogP) is 4.74. The minimum atomic E-state index is 0.317. The number of hydrogen-bond acceptors (Lipinski definition) is 1. The van der Waals surface area contributed by atoms with Crippen LogP contribution in [0.2, 0.25) is 0 Å². The molecule has 0 spiro atoms. The molecule has 0 bridgehead atoms. The summed E-state index contributed by atoms with van der Waals surface area (Å²) in [7, 11) is 0. The lowest BCUT2D eigenvalue weighted by Gasteiger charge is -2.25. The van der Waals surface area contributed by atoms with E-state index >= 15 is 0 Å². The number of aromatic nitrogens is 2. The number of halogens is 1. The second-order valence-corrected chi connectivity index (χ2v) is 8.11. The smallest absolute Gasteiger partial charge is 0.0630 e. The zero-order valence-corrected chi connectivity index (χ0v) is 13.4. The van der Waals surface area contributed by atoms with Crippen LogP contribution >= 0.6 is 15.9 Å². The molecule has 1 saturated carbocycles. The van der Waals surface area contributed by atoms with Crippen molar-refractivity contribution in [3.05, 3.63) is 18.0 Å². The fourth-order valence-electron chi connectivity index (χ4n) is 3.17. The lowest BCUT2D eigenvalue weighted by molar-refractivity contribution is 0.328. The van der Waals surface area contributed by atoms with Gasteiger partial charge in [0.25, 0.3) is 0 Å². The van der Waals surface area contributed by atoms with Gasteiger partial charge in [-0.05, 0) is 37.2 Å². The van der Waals surface area contributed by atoms with Gasteiger partial charge in [-0.25, -0.2) is 0 Å². The maximum Gasteiger partial charge on any atom is 0.0630 e. The molecule has 1 unspecified atom stereocenters. The van der Waals surface area contributed by atoms with Crippen molar-refractivity contribution in [2.24, 2.45) is 5.41 Å². The van der Waals surface area contributed by atoms with Crippen molar-refractivity contribution in [3.63, 3.8) is 0 Å². The predicted molar refractivity (Wildman–Crippen MR) is 80.2 cm³/mol. The lowest BCUT2D eigenvalue weighted by Crippen LogP contribution is -2.19.